The largest absolute Gasteiger partial charge is 0.347 e. The number of rotatable bonds is 6. The maximum Gasteiger partial charge on any atom is 0.255 e. The second-order valence-corrected chi connectivity index (χ2v) is 8.26. The van der Waals surface area contributed by atoms with Crippen LogP contribution in [0.2, 0.25) is 0 Å². The smallest absolute Gasteiger partial charge is 0.255 e. The van der Waals surface area contributed by atoms with Crippen molar-refractivity contribution in [2.24, 2.45) is 0 Å². The number of carbonyl (C=O) groups excluding carboxylic acids is 2. The molecule has 2 amide bonds. The van der Waals surface area contributed by atoms with E-state index in [1.807, 2.05) is 36.4 Å². The van der Waals surface area contributed by atoms with E-state index in [4.69, 9.17) is 0 Å². The van der Waals surface area contributed by atoms with Gasteiger partial charge in [0, 0.05) is 46.9 Å². The third-order valence-electron chi connectivity index (χ3n) is 6.02. The standard InChI is InChI=1S/C24H25N5O2/c1-27(2)14-7-15-28-16-19(17-8-3-6-11-21(17)28)24(29-22(30)12-13-23(29)31)18-9-4-5-10-20(18)25-26-24/h3-6,8-13,16,25-26H,7,14-15H2,1-2H3. The number of aryl methyl sites for hydroxylation is 1. The molecule has 2 N–H and O–H groups in total. The highest BCUT2D eigenvalue weighted by Gasteiger charge is 2.52. The highest BCUT2D eigenvalue weighted by molar-refractivity contribution is 6.14. The van der Waals surface area contributed by atoms with Crippen molar-refractivity contribution in [2.45, 2.75) is 18.6 Å². The highest BCUT2D eigenvalue weighted by atomic mass is 16.2. The fourth-order valence-electron chi connectivity index (χ4n) is 4.65. The molecule has 31 heavy (non-hydrogen) atoms. The van der Waals surface area contributed by atoms with Gasteiger partial charge in [0.2, 0.25) is 0 Å². The fourth-order valence-corrected chi connectivity index (χ4v) is 4.65. The van der Waals surface area contributed by atoms with Gasteiger partial charge in [-0.2, -0.15) is 0 Å². The van der Waals surface area contributed by atoms with Crippen LogP contribution >= 0.6 is 0 Å². The number of aromatic nitrogens is 1. The summed E-state index contributed by atoms with van der Waals surface area (Å²) in [7, 11) is 4.13. The van der Waals surface area contributed by atoms with E-state index < -0.39 is 5.66 Å². The molecule has 1 unspecified atom stereocenters. The van der Waals surface area contributed by atoms with Crippen LogP contribution in [-0.2, 0) is 21.8 Å². The van der Waals surface area contributed by atoms with Crippen LogP contribution in [0.4, 0.5) is 5.69 Å². The van der Waals surface area contributed by atoms with Crippen molar-refractivity contribution in [1.29, 1.82) is 0 Å². The maximum absolute atomic E-state index is 12.9. The second-order valence-electron chi connectivity index (χ2n) is 8.26. The van der Waals surface area contributed by atoms with Gasteiger partial charge >= 0.3 is 0 Å². The lowest BCUT2D eigenvalue weighted by molar-refractivity contribution is -0.143. The van der Waals surface area contributed by atoms with Crippen molar-refractivity contribution in [3.63, 3.8) is 0 Å². The number of anilines is 1. The number of nitrogens with zero attached hydrogens (tertiary/aromatic N) is 3. The van der Waals surface area contributed by atoms with Crippen molar-refractivity contribution in [3.05, 3.63) is 78.0 Å². The van der Waals surface area contributed by atoms with Gasteiger partial charge in [-0.25, -0.2) is 10.3 Å². The van der Waals surface area contributed by atoms with Crippen molar-refractivity contribution in [3.8, 4) is 0 Å². The molecular weight excluding hydrogens is 390 g/mol. The van der Waals surface area contributed by atoms with E-state index >= 15 is 0 Å². The van der Waals surface area contributed by atoms with Crippen molar-refractivity contribution >= 4 is 28.4 Å². The molecule has 2 aliphatic rings. The number of fused-ring (bicyclic) bond motifs is 2. The molecule has 158 valence electrons. The molecule has 2 aromatic carbocycles. The normalized spacial score (nSPS) is 20.2. The summed E-state index contributed by atoms with van der Waals surface area (Å²) >= 11 is 0. The minimum Gasteiger partial charge on any atom is -0.347 e. The van der Waals surface area contributed by atoms with Crippen LogP contribution in [-0.4, -0.2) is 46.8 Å². The Kier molecular flexibility index (Phi) is 4.64. The van der Waals surface area contributed by atoms with Gasteiger partial charge in [-0.15, -0.1) is 0 Å². The summed E-state index contributed by atoms with van der Waals surface area (Å²) in [5.74, 6) is -0.666. The summed E-state index contributed by atoms with van der Waals surface area (Å²) in [6.45, 7) is 1.81. The summed E-state index contributed by atoms with van der Waals surface area (Å²) < 4.78 is 2.22. The van der Waals surface area contributed by atoms with Crippen molar-refractivity contribution in [1.82, 2.24) is 19.8 Å². The third kappa shape index (κ3) is 2.97. The van der Waals surface area contributed by atoms with Gasteiger partial charge in [-0.3, -0.25) is 9.59 Å². The number of hydrogen-bond acceptors (Lipinski definition) is 5. The van der Waals surface area contributed by atoms with Crippen LogP contribution in [0.5, 0.6) is 0 Å². The number of nitrogens with one attached hydrogen (secondary N) is 2. The quantitative estimate of drug-likeness (QED) is 0.606. The van der Waals surface area contributed by atoms with Gasteiger partial charge < -0.3 is 14.9 Å². The average molecular weight is 415 g/mol. The first kappa shape index (κ1) is 19.5. The first-order valence-corrected chi connectivity index (χ1v) is 10.4. The van der Waals surface area contributed by atoms with E-state index in [-0.39, 0.29) is 11.8 Å². The molecule has 0 spiro atoms. The monoisotopic (exact) mass is 415 g/mol. The lowest BCUT2D eigenvalue weighted by Crippen LogP contribution is -2.57. The molecule has 7 heteroatoms. The van der Waals surface area contributed by atoms with Crippen LogP contribution in [0, 0.1) is 0 Å². The first-order valence-electron chi connectivity index (χ1n) is 10.4. The lowest BCUT2D eigenvalue weighted by atomic mass is 9.89. The van der Waals surface area contributed by atoms with Gasteiger partial charge in [0.1, 0.15) is 0 Å². The van der Waals surface area contributed by atoms with E-state index in [2.05, 4.69) is 52.7 Å². The number of hydrogen-bond donors (Lipinski definition) is 2. The Morgan fingerprint density at radius 1 is 0.935 bits per heavy atom. The summed E-state index contributed by atoms with van der Waals surface area (Å²) in [6.07, 6.45) is 5.74. The van der Waals surface area contributed by atoms with Crippen LogP contribution in [0.15, 0.2) is 66.9 Å². The van der Waals surface area contributed by atoms with Crippen molar-refractivity contribution < 1.29 is 9.59 Å². The van der Waals surface area contributed by atoms with Crippen LogP contribution in [0.3, 0.4) is 0 Å². The summed E-state index contributed by atoms with van der Waals surface area (Å²) in [5.41, 5.74) is 9.01. The first-order chi connectivity index (χ1) is 15.0. The maximum atomic E-state index is 12.9. The minimum absolute atomic E-state index is 0.333. The Balaban J connectivity index is 1.72. The van der Waals surface area contributed by atoms with Gasteiger partial charge in [0.15, 0.2) is 5.66 Å². The summed E-state index contributed by atoms with van der Waals surface area (Å²) in [5, 5.41) is 1.01. The zero-order chi connectivity index (χ0) is 21.6. The Morgan fingerprint density at radius 2 is 1.65 bits per heavy atom. The van der Waals surface area contributed by atoms with Gasteiger partial charge in [0.05, 0.1) is 5.69 Å². The molecule has 5 rings (SSSR count). The molecule has 0 fully saturated rings. The zero-order valence-electron chi connectivity index (χ0n) is 17.6. The predicted octanol–water partition coefficient (Wildman–Crippen LogP) is 2.65. The molecule has 3 aromatic rings. The number of hydrazine groups is 1. The van der Waals surface area contributed by atoms with E-state index in [1.54, 1.807) is 0 Å². The molecule has 0 bridgehead atoms. The average Bonchev–Trinajstić information content (AvgIpc) is 3.43. The number of amides is 2. The van der Waals surface area contributed by atoms with Crippen LogP contribution < -0.4 is 10.9 Å². The molecule has 2 aliphatic heterocycles. The molecule has 1 atom stereocenters. The number of para-hydroxylation sites is 2. The van der Waals surface area contributed by atoms with E-state index in [1.165, 1.54) is 17.1 Å². The molecule has 7 nitrogen and oxygen atoms in total. The Hall–Kier alpha value is -3.42. The Morgan fingerprint density at radius 3 is 2.42 bits per heavy atom. The predicted molar refractivity (Wildman–Crippen MR) is 120 cm³/mol. The summed E-state index contributed by atoms with van der Waals surface area (Å²) in [6, 6.07) is 15.9. The van der Waals surface area contributed by atoms with Gasteiger partial charge in [0.25, 0.3) is 11.8 Å². The van der Waals surface area contributed by atoms with E-state index in [9.17, 15) is 9.59 Å². The molecule has 1 aromatic heterocycles. The van der Waals surface area contributed by atoms with Gasteiger partial charge in [-0.1, -0.05) is 36.4 Å². The van der Waals surface area contributed by atoms with Crippen LogP contribution in [0.1, 0.15) is 17.5 Å². The topological polar surface area (TPSA) is 69.6 Å². The van der Waals surface area contributed by atoms with Gasteiger partial charge in [-0.05, 0) is 39.2 Å². The Bertz CT molecular complexity index is 1190. The Labute approximate surface area is 180 Å². The molecule has 0 saturated carbocycles. The second kappa shape index (κ2) is 7.37. The fraction of sp³-hybridized carbons (Fsp3) is 0.250. The number of benzene rings is 2. The SMILES string of the molecule is CN(C)CCCn1cc(C2(N3C(=O)C=CC3=O)NNc3ccccc32)c2ccccc21. The van der Waals surface area contributed by atoms with E-state index in [0.29, 0.717) is 0 Å². The van der Waals surface area contributed by atoms with Crippen molar-refractivity contribution in [2.75, 3.05) is 26.1 Å². The molecule has 0 saturated heterocycles. The molecule has 3 heterocycles. The lowest BCUT2D eigenvalue weighted by Gasteiger charge is -2.37. The highest BCUT2D eigenvalue weighted by Crippen LogP contribution is 2.45. The van der Waals surface area contributed by atoms with Crippen LogP contribution in [0.25, 0.3) is 10.9 Å². The number of carbonyl (C=O) groups is 2. The number of imide groups is 1. The zero-order valence-corrected chi connectivity index (χ0v) is 17.6. The summed E-state index contributed by atoms with van der Waals surface area (Å²) in [4.78, 5) is 29.3. The minimum atomic E-state index is -1.14. The van der Waals surface area contributed by atoms with E-state index in [0.717, 1.165) is 47.2 Å². The molecule has 0 aliphatic carbocycles. The molecular formula is C24H25N5O2. The molecule has 0 radical (unpaired) electrons. The third-order valence-corrected chi connectivity index (χ3v) is 6.02.